The summed E-state index contributed by atoms with van der Waals surface area (Å²) in [4.78, 5) is 19.1. The number of carbonyl (C=O) groups excluding carboxylic acids is 1. The second kappa shape index (κ2) is 6.27. The third kappa shape index (κ3) is 3.42. The summed E-state index contributed by atoms with van der Waals surface area (Å²) >= 11 is 0. The second-order valence-electron chi connectivity index (χ2n) is 7.30. The standard InChI is InChI=1S/C20H24N2O2/c1-14-11-12-21-18(13-14)22(19(23)24-20(2,3)4)17-10-9-15-7-5-6-8-16(15)17/h5-8,11-13,17H,9-10H2,1-4H3. The molecular formula is C20H24N2O2. The predicted octanol–water partition coefficient (Wildman–Crippen LogP) is 4.82. The van der Waals surface area contributed by atoms with E-state index in [1.807, 2.05) is 52.0 Å². The minimum atomic E-state index is -0.544. The van der Waals surface area contributed by atoms with Gasteiger partial charge in [-0.15, -0.1) is 0 Å². The van der Waals surface area contributed by atoms with Gasteiger partial charge in [0.15, 0.2) is 0 Å². The number of carbonyl (C=O) groups is 1. The van der Waals surface area contributed by atoms with Crippen LogP contribution in [0.2, 0.25) is 0 Å². The van der Waals surface area contributed by atoms with Gasteiger partial charge in [-0.2, -0.15) is 0 Å². The molecular weight excluding hydrogens is 300 g/mol. The zero-order valence-corrected chi connectivity index (χ0v) is 14.7. The first-order valence-electron chi connectivity index (χ1n) is 8.38. The second-order valence-corrected chi connectivity index (χ2v) is 7.30. The van der Waals surface area contributed by atoms with E-state index in [4.69, 9.17) is 4.74 Å². The highest BCUT2D eigenvalue weighted by molar-refractivity contribution is 5.88. The van der Waals surface area contributed by atoms with Crippen molar-refractivity contribution in [3.8, 4) is 0 Å². The zero-order valence-electron chi connectivity index (χ0n) is 14.7. The third-order valence-electron chi connectivity index (χ3n) is 4.15. The minimum Gasteiger partial charge on any atom is -0.443 e. The smallest absolute Gasteiger partial charge is 0.416 e. The topological polar surface area (TPSA) is 42.4 Å². The largest absolute Gasteiger partial charge is 0.443 e. The lowest BCUT2D eigenvalue weighted by atomic mass is 10.1. The maximum absolute atomic E-state index is 12.9. The first-order valence-corrected chi connectivity index (χ1v) is 8.38. The maximum atomic E-state index is 12.9. The summed E-state index contributed by atoms with van der Waals surface area (Å²) in [6.07, 6.45) is 3.24. The fourth-order valence-electron chi connectivity index (χ4n) is 3.15. The van der Waals surface area contributed by atoms with Gasteiger partial charge in [0, 0.05) is 6.20 Å². The summed E-state index contributed by atoms with van der Waals surface area (Å²) in [6.45, 7) is 7.65. The number of hydrogen-bond donors (Lipinski definition) is 0. The van der Waals surface area contributed by atoms with Crippen molar-refractivity contribution < 1.29 is 9.53 Å². The molecule has 0 spiro atoms. The Morgan fingerprint density at radius 3 is 2.71 bits per heavy atom. The van der Waals surface area contributed by atoms with E-state index in [0.29, 0.717) is 5.82 Å². The summed E-state index contributed by atoms with van der Waals surface area (Å²) in [5, 5.41) is 0. The molecule has 1 aromatic carbocycles. The number of ether oxygens (including phenoxy) is 1. The highest BCUT2D eigenvalue weighted by atomic mass is 16.6. The van der Waals surface area contributed by atoms with E-state index in [-0.39, 0.29) is 12.1 Å². The lowest BCUT2D eigenvalue weighted by molar-refractivity contribution is 0.0563. The predicted molar refractivity (Wildman–Crippen MR) is 95.2 cm³/mol. The van der Waals surface area contributed by atoms with Crippen molar-refractivity contribution >= 4 is 11.9 Å². The Hall–Kier alpha value is -2.36. The number of aromatic nitrogens is 1. The molecule has 1 aromatic heterocycles. The Morgan fingerprint density at radius 2 is 2.00 bits per heavy atom. The van der Waals surface area contributed by atoms with E-state index in [0.717, 1.165) is 18.4 Å². The monoisotopic (exact) mass is 324 g/mol. The molecule has 2 aromatic rings. The van der Waals surface area contributed by atoms with Gasteiger partial charge in [0.1, 0.15) is 11.4 Å². The van der Waals surface area contributed by atoms with Gasteiger partial charge < -0.3 is 4.74 Å². The van der Waals surface area contributed by atoms with E-state index < -0.39 is 5.60 Å². The van der Waals surface area contributed by atoms with Crippen LogP contribution >= 0.6 is 0 Å². The lowest BCUT2D eigenvalue weighted by Crippen LogP contribution is -2.39. The van der Waals surface area contributed by atoms with Crippen molar-refractivity contribution in [2.24, 2.45) is 0 Å². The van der Waals surface area contributed by atoms with Gasteiger partial charge in [-0.3, -0.25) is 4.90 Å². The molecule has 126 valence electrons. The van der Waals surface area contributed by atoms with Crippen molar-refractivity contribution in [1.82, 2.24) is 4.98 Å². The normalized spacial score (nSPS) is 16.6. The van der Waals surface area contributed by atoms with Crippen molar-refractivity contribution in [2.45, 2.75) is 52.2 Å². The van der Waals surface area contributed by atoms with E-state index in [1.54, 1.807) is 11.1 Å². The molecule has 0 fully saturated rings. The van der Waals surface area contributed by atoms with Gasteiger partial charge in [-0.25, -0.2) is 9.78 Å². The maximum Gasteiger partial charge on any atom is 0.416 e. The van der Waals surface area contributed by atoms with Crippen LogP contribution in [-0.4, -0.2) is 16.7 Å². The summed E-state index contributed by atoms with van der Waals surface area (Å²) < 4.78 is 5.67. The first-order chi connectivity index (χ1) is 11.3. The average molecular weight is 324 g/mol. The first kappa shape index (κ1) is 16.5. The molecule has 1 aliphatic rings. The number of hydrogen-bond acceptors (Lipinski definition) is 3. The fourth-order valence-corrected chi connectivity index (χ4v) is 3.15. The van der Waals surface area contributed by atoms with Gasteiger partial charge >= 0.3 is 6.09 Å². The fraction of sp³-hybridized carbons (Fsp3) is 0.400. The van der Waals surface area contributed by atoms with Gasteiger partial charge in [-0.1, -0.05) is 24.3 Å². The van der Waals surface area contributed by atoms with Crippen LogP contribution in [0.25, 0.3) is 0 Å². The van der Waals surface area contributed by atoms with E-state index >= 15 is 0 Å². The molecule has 0 bridgehead atoms. The Bertz CT molecular complexity index is 749. The highest BCUT2D eigenvalue weighted by Crippen LogP contribution is 2.38. The highest BCUT2D eigenvalue weighted by Gasteiger charge is 2.35. The van der Waals surface area contributed by atoms with Crippen LogP contribution in [0.4, 0.5) is 10.6 Å². The number of rotatable bonds is 2. The molecule has 1 unspecified atom stereocenters. The number of fused-ring (bicyclic) bond motifs is 1. The van der Waals surface area contributed by atoms with Gasteiger partial charge in [-0.05, 0) is 69.4 Å². The van der Waals surface area contributed by atoms with Crippen LogP contribution < -0.4 is 4.90 Å². The average Bonchev–Trinajstić information content (AvgIpc) is 2.90. The molecule has 0 radical (unpaired) electrons. The van der Waals surface area contributed by atoms with Crippen LogP contribution in [-0.2, 0) is 11.2 Å². The number of nitrogens with zero attached hydrogens (tertiary/aromatic N) is 2. The summed E-state index contributed by atoms with van der Waals surface area (Å²) in [5.41, 5.74) is 3.01. The molecule has 0 N–H and O–H groups in total. The molecule has 4 heteroatoms. The summed E-state index contributed by atoms with van der Waals surface area (Å²) in [7, 11) is 0. The van der Waals surface area contributed by atoms with Crippen LogP contribution in [0.15, 0.2) is 42.6 Å². The van der Waals surface area contributed by atoms with Crippen LogP contribution in [0.3, 0.4) is 0 Å². The van der Waals surface area contributed by atoms with Crippen molar-refractivity contribution in [2.75, 3.05) is 4.90 Å². The van der Waals surface area contributed by atoms with Crippen molar-refractivity contribution in [3.05, 3.63) is 59.3 Å². The molecule has 1 amide bonds. The van der Waals surface area contributed by atoms with E-state index in [2.05, 4.69) is 17.1 Å². The van der Waals surface area contributed by atoms with Crippen molar-refractivity contribution in [3.63, 3.8) is 0 Å². The Morgan fingerprint density at radius 1 is 1.25 bits per heavy atom. The summed E-state index contributed by atoms with van der Waals surface area (Å²) in [5.74, 6) is 0.644. The number of aryl methyl sites for hydroxylation is 2. The molecule has 0 saturated carbocycles. The minimum absolute atomic E-state index is 0.0367. The van der Waals surface area contributed by atoms with Gasteiger partial charge in [0.25, 0.3) is 0 Å². The van der Waals surface area contributed by atoms with Crippen LogP contribution in [0.1, 0.15) is 49.9 Å². The molecule has 0 saturated heterocycles. The Labute approximate surface area is 143 Å². The van der Waals surface area contributed by atoms with Crippen molar-refractivity contribution in [1.29, 1.82) is 0 Å². The number of pyridine rings is 1. The molecule has 3 rings (SSSR count). The number of amides is 1. The molecule has 0 aliphatic heterocycles. The Kier molecular flexibility index (Phi) is 4.31. The third-order valence-corrected chi connectivity index (χ3v) is 4.15. The summed E-state index contributed by atoms with van der Waals surface area (Å²) in [6, 6.07) is 12.1. The number of anilines is 1. The van der Waals surface area contributed by atoms with Gasteiger partial charge in [0.05, 0.1) is 6.04 Å². The lowest BCUT2D eigenvalue weighted by Gasteiger charge is -2.31. The molecule has 1 atom stereocenters. The molecule has 1 aliphatic carbocycles. The quantitative estimate of drug-likeness (QED) is 0.795. The molecule has 24 heavy (non-hydrogen) atoms. The zero-order chi connectivity index (χ0) is 17.3. The number of benzene rings is 1. The van der Waals surface area contributed by atoms with E-state index in [9.17, 15) is 4.79 Å². The molecule has 4 nitrogen and oxygen atoms in total. The van der Waals surface area contributed by atoms with Gasteiger partial charge in [0.2, 0.25) is 0 Å². The van der Waals surface area contributed by atoms with Crippen LogP contribution in [0.5, 0.6) is 0 Å². The van der Waals surface area contributed by atoms with E-state index in [1.165, 1.54) is 11.1 Å². The Balaban J connectivity index is 2.01. The SMILES string of the molecule is Cc1ccnc(N(C(=O)OC(C)(C)C)C2CCc3ccccc32)c1. The van der Waals surface area contributed by atoms with Crippen LogP contribution in [0, 0.1) is 6.92 Å². The molecule has 1 heterocycles.